The molecule has 0 saturated carbocycles. The van der Waals surface area contributed by atoms with Gasteiger partial charge in [-0.15, -0.1) is 0 Å². The van der Waals surface area contributed by atoms with Gasteiger partial charge in [0.05, 0.1) is 0 Å². The second-order valence-electron chi connectivity index (χ2n) is 7.63. The Labute approximate surface area is 171 Å². The Kier molecular flexibility index (Phi) is 6.49. The molecule has 29 heavy (non-hydrogen) atoms. The summed E-state index contributed by atoms with van der Waals surface area (Å²) in [5.41, 5.74) is 3.36. The lowest BCUT2D eigenvalue weighted by Crippen LogP contribution is -2.48. The van der Waals surface area contributed by atoms with Crippen molar-refractivity contribution in [1.82, 2.24) is 20.3 Å². The molecule has 1 aliphatic heterocycles. The average Bonchev–Trinajstić information content (AvgIpc) is 2.73. The molecule has 1 aliphatic rings. The first kappa shape index (κ1) is 21.2. The number of hydrogen-bond donors (Lipinski definition) is 2. The van der Waals surface area contributed by atoms with Gasteiger partial charge in [0.15, 0.2) is 5.67 Å². The number of rotatable bonds is 6. The molecule has 1 aromatic carbocycles. The zero-order valence-electron chi connectivity index (χ0n) is 17.6. The molecule has 2 aromatic rings. The highest BCUT2D eigenvalue weighted by atomic mass is 19.1. The van der Waals surface area contributed by atoms with Crippen LogP contribution in [0.5, 0.6) is 0 Å². The quantitative estimate of drug-likeness (QED) is 0.729. The van der Waals surface area contributed by atoms with Crippen molar-refractivity contribution in [2.45, 2.75) is 32.4 Å². The van der Waals surface area contributed by atoms with Crippen LogP contribution in [0.25, 0.3) is 16.3 Å². The fourth-order valence-corrected chi connectivity index (χ4v) is 3.56. The molecule has 1 aromatic heterocycles. The number of nitrogens with zero attached hydrogens (tertiary/aromatic N) is 3. The molecule has 0 unspecified atom stereocenters. The van der Waals surface area contributed by atoms with Crippen LogP contribution in [-0.4, -0.2) is 60.2 Å². The van der Waals surface area contributed by atoms with Crippen LogP contribution < -0.4 is 10.7 Å². The molecule has 6 nitrogen and oxygen atoms in total. The van der Waals surface area contributed by atoms with Crippen LogP contribution in [-0.2, 0) is 4.79 Å². The monoisotopic (exact) mass is 399 g/mol. The largest absolute Gasteiger partial charge is 0.319 e. The molecule has 0 atom stereocenters. The smallest absolute Gasteiger partial charge is 0.263 e. The van der Waals surface area contributed by atoms with Gasteiger partial charge in [-0.2, -0.15) is 0 Å². The zero-order chi connectivity index (χ0) is 21.0. The first-order valence-electron chi connectivity index (χ1n) is 10.1. The van der Waals surface area contributed by atoms with Crippen molar-refractivity contribution in [2.75, 3.05) is 39.0 Å². The summed E-state index contributed by atoms with van der Waals surface area (Å²) >= 11 is 0. The second kappa shape index (κ2) is 8.88. The Bertz CT molecular complexity index is 905. The molecule has 0 aliphatic carbocycles. The third-order valence-corrected chi connectivity index (χ3v) is 5.66. The maximum atomic E-state index is 15.1. The lowest BCUT2D eigenvalue weighted by atomic mass is 9.92. The minimum absolute atomic E-state index is 0.216. The summed E-state index contributed by atoms with van der Waals surface area (Å²) in [7, 11) is 3.79. The molecule has 2 N–H and O–H groups in total. The first-order valence-corrected chi connectivity index (χ1v) is 10.1. The van der Waals surface area contributed by atoms with E-state index < -0.39 is 11.6 Å². The maximum Gasteiger partial charge on any atom is 0.263 e. The number of piperidine rings is 1. The van der Waals surface area contributed by atoms with Gasteiger partial charge in [0.25, 0.3) is 5.91 Å². The maximum absolute atomic E-state index is 15.1. The van der Waals surface area contributed by atoms with Gasteiger partial charge in [-0.05, 0) is 42.1 Å². The zero-order valence-corrected chi connectivity index (χ0v) is 17.6. The number of carbonyl (C=O) groups is 1. The highest BCUT2D eigenvalue weighted by Gasteiger charge is 2.41. The summed E-state index contributed by atoms with van der Waals surface area (Å²) in [6, 6.07) is 7.88. The topological polar surface area (TPSA) is 60.5 Å². The highest BCUT2D eigenvalue weighted by molar-refractivity contribution is 5.98. The minimum atomic E-state index is -1.83. The van der Waals surface area contributed by atoms with E-state index >= 15 is 4.39 Å². The van der Waals surface area contributed by atoms with Gasteiger partial charge in [0.1, 0.15) is 5.82 Å². The van der Waals surface area contributed by atoms with Gasteiger partial charge in [-0.3, -0.25) is 4.79 Å². The van der Waals surface area contributed by atoms with Crippen molar-refractivity contribution < 1.29 is 9.18 Å². The Morgan fingerprint density at radius 2 is 2.03 bits per heavy atom. The predicted molar refractivity (Wildman–Crippen MR) is 116 cm³/mol. The van der Waals surface area contributed by atoms with E-state index in [0.29, 0.717) is 18.9 Å². The fourth-order valence-electron chi connectivity index (χ4n) is 3.56. The number of carbonyl (C=O) groups excluding carboxylic acids is 1. The summed E-state index contributed by atoms with van der Waals surface area (Å²) in [5, 5.41) is 6.48. The van der Waals surface area contributed by atoms with Crippen LogP contribution in [0.2, 0.25) is 0 Å². The van der Waals surface area contributed by atoms with E-state index in [1.54, 1.807) is 12.3 Å². The standard InChI is InChI=1S/C22H30FN5O/c1-5-28-10-8-22(23,9-11-28)21(29)26-20-13-19-12-17(6-7-18(19)14-25-20)16(2)15-27(4)24-3/h6-7,12-15,24H,5,8-11H2,1-4H3,(H,25,26,29)/b16-15+. The van der Waals surface area contributed by atoms with Gasteiger partial charge >= 0.3 is 0 Å². The van der Waals surface area contributed by atoms with Gasteiger partial charge < -0.3 is 15.2 Å². The molecule has 7 heteroatoms. The Balaban J connectivity index is 1.78. The van der Waals surface area contributed by atoms with Gasteiger partial charge in [-0.1, -0.05) is 19.1 Å². The Morgan fingerprint density at radius 1 is 1.31 bits per heavy atom. The number of hydrogen-bond acceptors (Lipinski definition) is 5. The third kappa shape index (κ3) is 4.92. The fraction of sp³-hybridized carbons (Fsp3) is 0.455. The summed E-state index contributed by atoms with van der Waals surface area (Å²) in [4.78, 5) is 19.0. The van der Waals surface area contributed by atoms with E-state index in [1.807, 2.05) is 57.4 Å². The Morgan fingerprint density at radius 3 is 2.69 bits per heavy atom. The highest BCUT2D eigenvalue weighted by Crippen LogP contribution is 2.29. The average molecular weight is 400 g/mol. The van der Waals surface area contributed by atoms with E-state index in [9.17, 15) is 4.79 Å². The van der Waals surface area contributed by atoms with Gasteiger partial charge in [-0.25, -0.2) is 14.8 Å². The summed E-state index contributed by atoms with van der Waals surface area (Å²) in [6.45, 7) is 6.16. The number of anilines is 1. The lowest BCUT2D eigenvalue weighted by Gasteiger charge is -2.34. The van der Waals surface area contributed by atoms with E-state index in [-0.39, 0.29) is 12.8 Å². The number of amides is 1. The number of aromatic nitrogens is 1. The molecular weight excluding hydrogens is 369 g/mol. The molecule has 0 bridgehead atoms. The number of fused-ring (bicyclic) bond motifs is 1. The molecule has 2 heterocycles. The number of benzene rings is 1. The van der Waals surface area contributed by atoms with Crippen molar-refractivity contribution in [2.24, 2.45) is 0 Å². The molecule has 1 amide bonds. The van der Waals surface area contributed by atoms with Gasteiger partial charge in [0, 0.05) is 57.8 Å². The molecule has 0 spiro atoms. The van der Waals surface area contributed by atoms with Crippen LogP contribution in [0, 0.1) is 0 Å². The SMILES string of the molecule is CCN1CCC(F)(C(=O)Nc2cc3cc(/C(C)=C/N(C)NC)ccc3cn2)CC1. The van der Waals surface area contributed by atoms with E-state index in [0.717, 1.165) is 28.5 Å². The normalized spacial score (nSPS) is 17.3. The first-order chi connectivity index (χ1) is 13.8. The molecular formula is C22H30FN5O. The van der Waals surface area contributed by atoms with Crippen LogP contribution >= 0.6 is 0 Å². The van der Waals surface area contributed by atoms with Crippen molar-refractivity contribution >= 4 is 28.1 Å². The Hall–Kier alpha value is -2.51. The van der Waals surface area contributed by atoms with Crippen molar-refractivity contribution in [3.8, 4) is 0 Å². The van der Waals surface area contributed by atoms with Crippen LogP contribution in [0.1, 0.15) is 32.3 Å². The number of pyridine rings is 1. The molecule has 156 valence electrons. The van der Waals surface area contributed by atoms with Crippen LogP contribution in [0.4, 0.5) is 10.2 Å². The molecule has 3 rings (SSSR count). The molecule has 0 radical (unpaired) electrons. The second-order valence-corrected chi connectivity index (χ2v) is 7.63. The number of allylic oxidation sites excluding steroid dienone is 1. The van der Waals surface area contributed by atoms with E-state index in [2.05, 4.69) is 20.6 Å². The van der Waals surface area contributed by atoms with Crippen molar-refractivity contribution in [1.29, 1.82) is 0 Å². The molecule has 1 saturated heterocycles. The van der Waals surface area contributed by atoms with Crippen molar-refractivity contribution in [3.63, 3.8) is 0 Å². The molecule has 1 fully saturated rings. The summed E-state index contributed by atoms with van der Waals surface area (Å²) in [5.74, 6) is -0.216. The number of hydrazine groups is 1. The van der Waals surface area contributed by atoms with Crippen molar-refractivity contribution in [3.05, 3.63) is 42.2 Å². The lowest BCUT2D eigenvalue weighted by molar-refractivity contribution is -0.130. The van der Waals surface area contributed by atoms with E-state index in [4.69, 9.17) is 0 Å². The van der Waals surface area contributed by atoms with Crippen LogP contribution in [0.15, 0.2) is 36.7 Å². The summed E-state index contributed by atoms with van der Waals surface area (Å²) in [6.07, 6.45) is 4.14. The van der Waals surface area contributed by atoms with Gasteiger partial charge in [0.2, 0.25) is 0 Å². The number of likely N-dealkylation sites (tertiary alicyclic amines) is 1. The van der Waals surface area contributed by atoms with Crippen LogP contribution in [0.3, 0.4) is 0 Å². The third-order valence-electron chi connectivity index (χ3n) is 5.66. The minimum Gasteiger partial charge on any atom is -0.319 e. The number of alkyl halides is 1. The number of halogens is 1. The van der Waals surface area contributed by atoms with E-state index in [1.165, 1.54) is 0 Å². The summed E-state index contributed by atoms with van der Waals surface area (Å²) < 4.78 is 15.1. The number of nitrogens with one attached hydrogen (secondary N) is 2. The predicted octanol–water partition coefficient (Wildman–Crippen LogP) is 3.42.